The fourth-order valence-corrected chi connectivity index (χ4v) is 4.30. The highest BCUT2D eigenvalue weighted by atomic mass is 79.9. The smallest absolute Gasteiger partial charge is 0.186 e. The maximum absolute atomic E-state index is 9.68. The Morgan fingerprint density at radius 2 is 1.80 bits per heavy atom. The molecule has 20 heavy (non-hydrogen) atoms. The molecule has 0 aromatic heterocycles. The van der Waals surface area contributed by atoms with E-state index in [1.807, 2.05) is 24.3 Å². The van der Waals surface area contributed by atoms with Crippen LogP contribution in [0.15, 0.2) is 42.5 Å². The third kappa shape index (κ3) is 3.12. The average molecular weight is 348 g/mol. The lowest BCUT2D eigenvalue weighted by molar-refractivity contribution is 0.147. The van der Waals surface area contributed by atoms with Crippen LogP contribution in [0.3, 0.4) is 0 Å². The maximum atomic E-state index is 9.68. The molecule has 0 heterocycles. The molecule has 0 radical (unpaired) electrons. The first kappa shape index (κ1) is 15.2. The third-order valence-electron chi connectivity index (χ3n) is 3.06. The Morgan fingerprint density at radius 3 is 2.35 bits per heavy atom. The van der Waals surface area contributed by atoms with Crippen LogP contribution in [-0.2, 0) is 10.0 Å². The van der Waals surface area contributed by atoms with Crippen LogP contribution in [0.1, 0.15) is 5.56 Å². The molecule has 1 unspecified atom stereocenters. The molecule has 2 rings (SSSR count). The van der Waals surface area contributed by atoms with E-state index in [1.54, 1.807) is 0 Å². The quantitative estimate of drug-likeness (QED) is 0.587. The van der Waals surface area contributed by atoms with Gasteiger partial charge < -0.3 is 4.43 Å². The van der Waals surface area contributed by atoms with E-state index in [2.05, 4.69) is 59.8 Å². The number of hydrogen-bond acceptors (Lipinski definition) is 2. The van der Waals surface area contributed by atoms with Gasteiger partial charge in [0.05, 0.1) is 0 Å². The van der Waals surface area contributed by atoms with Crippen LogP contribution in [0.25, 0.3) is 10.8 Å². The first-order chi connectivity index (χ1) is 9.40. The number of rotatable bonds is 4. The van der Waals surface area contributed by atoms with Crippen molar-refractivity contribution in [3.63, 3.8) is 0 Å². The topological polar surface area (TPSA) is 33.0 Å². The molecule has 0 aliphatic heterocycles. The Kier molecular flexibility index (Phi) is 4.33. The molecule has 2 nitrogen and oxygen atoms in total. The van der Waals surface area contributed by atoms with Crippen LogP contribution in [0, 0.1) is 11.3 Å². The van der Waals surface area contributed by atoms with Gasteiger partial charge in [-0.25, -0.2) is 0 Å². The summed E-state index contributed by atoms with van der Waals surface area (Å²) >= 11 is 3.46. The lowest BCUT2D eigenvalue weighted by Crippen LogP contribution is -2.41. The Balaban J connectivity index is 2.54. The third-order valence-corrected chi connectivity index (χ3v) is 4.82. The van der Waals surface area contributed by atoms with Gasteiger partial charge in [-0.05, 0) is 42.0 Å². The molecule has 0 bridgehead atoms. The number of alkyl halides is 1. The first-order valence-electron chi connectivity index (χ1n) is 6.57. The van der Waals surface area contributed by atoms with Crippen molar-refractivity contribution in [1.82, 2.24) is 0 Å². The molecule has 0 aliphatic carbocycles. The zero-order valence-corrected chi connectivity index (χ0v) is 14.6. The van der Waals surface area contributed by atoms with E-state index in [9.17, 15) is 5.26 Å². The molecule has 2 aromatic rings. The molecule has 1 atom stereocenters. The predicted octanol–water partition coefficient (Wildman–Crippen LogP) is 4.81. The second-order valence-corrected chi connectivity index (χ2v) is 10.8. The van der Waals surface area contributed by atoms with Crippen molar-refractivity contribution < 1.29 is 4.43 Å². The molecular weight excluding hydrogens is 330 g/mol. The lowest BCUT2D eigenvalue weighted by atomic mass is 9.95. The highest BCUT2D eigenvalue weighted by Crippen LogP contribution is 2.33. The van der Waals surface area contributed by atoms with Crippen molar-refractivity contribution in [3.8, 4) is 6.07 Å². The first-order valence-corrected chi connectivity index (χ1v) is 11.1. The van der Waals surface area contributed by atoms with Crippen LogP contribution >= 0.6 is 15.9 Å². The minimum Gasteiger partial charge on any atom is -0.396 e. The minimum absolute atomic E-state index is 0.471. The molecule has 4 heteroatoms. The van der Waals surface area contributed by atoms with Crippen molar-refractivity contribution in [2.24, 2.45) is 0 Å². The molecule has 0 aliphatic rings. The molecule has 104 valence electrons. The van der Waals surface area contributed by atoms with Crippen LogP contribution in [0.4, 0.5) is 0 Å². The number of nitrogens with zero attached hydrogens (tertiary/aromatic N) is 1. The monoisotopic (exact) mass is 347 g/mol. The van der Waals surface area contributed by atoms with Gasteiger partial charge in [0.15, 0.2) is 13.9 Å². The largest absolute Gasteiger partial charge is 0.396 e. The number of nitriles is 1. The van der Waals surface area contributed by atoms with Crippen LogP contribution in [-0.4, -0.2) is 13.6 Å². The zero-order chi connectivity index (χ0) is 14.8. The number of hydrogen-bond donors (Lipinski definition) is 0. The fraction of sp³-hybridized carbons (Fsp3) is 0.312. The summed E-state index contributed by atoms with van der Waals surface area (Å²) < 4.78 is 6.19. The van der Waals surface area contributed by atoms with Crippen molar-refractivity contribution in [2.75, 3.05) is 5.33 Å². The van der Waals surface area contributed by atoms with Gasteiger partial charge in [0.2, 0.25) is 0 Å². The lowest BCUT2D eigenvalue weighted by Gasteiger charge is -2.32. The predicted molar refractivity (Wildman–Crippen MR) is 89.5 cm³/mol. The van der Waals surface area contributed by atoms with E-state index < -0.39 is 13.9 Å². The SMILES string of the molecule is C[Si](C)(C)OC(C#N)(CBr)c1ccc2ccccc2c1. The second kappa shape index (κ2) is 5.69. The van der Waals surface area contributed by atoms with Crippen LogP contribution < -0.4 is 0 Å². The van der Waals surface area contributed by atoms with Gasteiger partial charge >= 0.3 is 0 Å². The summed E-state index contributed by atoms with van der Waals surface area (Å²) in [4.78, 5) is 0. The highest BCUT2D eigenvalue weighted by Gasteiger charge is 2.37. The van der Waals surface area contributed by atoms with E-state index >= 15 is 0 Å². The van der Waals surface area contributed by atoms with E-state index in [-0.39, 0.29) is 0 Å². The number of fused-ring (bicyclic) bond motifs is 1. The summed E-state index contributed by atoms with van der Waals surface area (Å²) in [7, 11) is -1.84. The van der Waals surface area contributed by atoms with Crippen LogP contribution in [0.2, 0.25) is 19.6 Å². The molecule has 0 fully saturated rings. The van der Waals surface area contributed by atoms with Gasteiger partial charge in [0, 0.05) is 5.33 Å². The Bertz CT molecular complexity index is 659. The number of benzene rings is 2. The molecule has 2 aromatic carbocycles. The van der Waals surface area contributed by atoms with Gasteiger partial charge in [0.1, 0.15) is 6.07 Å². The van der Waals surface area contributed by atoms with E-state index in [0.717, 1.165) is 10.9 Å². The van der Waals surface area contributed by atoms with E-state index in [0.29, 0.717) is 5.33 Å². The normalized spacial score (nSPS) is 14.8. The Morgan fingerprint density at radius 1 is 1.15 bits per heavy atom. The Hall–Kier alpha value is -1.15. The standard InChI is InChI=1S/C16H18BrNOSi/c1-20(2,3)19-16(11-17,12-18)15-9-8-13-6-4-5-7-14(13)10-15/h4-10H,11H2,1-3H3. The summed E-state index contributed by atoms with van der Waals surface area (Å²) in [6, 6.07) is 16.6. The molecular formula is C16H18BrNOSi. The summed E-state index contributed by atoms with van der Waals surface area (Å²) in [5.74, 6) is 0. The molecule has 0 N–H and O–H groups in total. The van der Waals surface area contributed by atoms with Gasteiger partial charge in [-0.3, -0.25) is 0 Å². The van der Waals surface area contributed by atoms with E-state index in [1.165, 1.54) is 5.39 Å². The summed E-state index contributed by atoms with van der Waals surface area (Å²) in [6.07, 6.45) is 0. The van der Waals surface area contributed by atoms with Crippen LogP contribution in [0.5, 0.6) is 0 Å². The maximum Gasteiger partial charge on any atom is 0.186 e. The number of halogens is 1. The molecule has 0 spiro atoms. The van der Waals surface area contributed by atoms with Crippen molar-refractivity contribution >= 4 is 35.0 Å². The van der Waals surface area contributed by atoms with Crippen molar-refractivity contribution in [2.45, 2.75) is 25.2 Å². The van der Waals surface area contributed by atoms with Gasteiger partial charge in [-0.2, -0.15) is 5.26 Å². The summed E-state index contributed by atoms with van der Waals surface area (Å²) in [6.45, 7) is 6.30. The molecule has 0 saturated carbocycles. The van der Waals surface area contributed by atoms with Gasteiger partial charge in [0.25, 0.3) is 0 Å². The molecule has 0 saturated heterocycles. The average Bonchev–Trinajstić information content (AvgIpc) is 2.43. The highest BCUT2D eigenvalue weighted by molar-refractivity contribution is 9.09. The minimum atomic E-state index is -1.84. The van der Waals surface area contributed by atoms with E-state index in [4.69, 9.17) is 4.43 Å². The molecule has 0 amide bonds. The zero-order valence-electron chi connectivity index (χ0n) is 12.0. The van der Waals surface area contributed by atoms with Crippen molar-refractivity contribution in [1.29, 1.82) is 5.26 Å². The second-order valence-electron chi connectivity index (χ2n) is 5.85. The summed E-state index contributed by atoms with van der Waals surface area (Å²) in [5.41, 5.74) is 0.00658. The van der Waals surface area contributed by atoms with Crippen molar-refractivity contribution in [3.05, 3.63) is 48.0 Å². The van der Waals surface area contributed by atoms with Gasteiger partial charge in [-0.15, -0.1) is 0 Å². The Labute approximate surface area is 129 Å². The summed E-state index contributed by atoms with van der Waals surface area (Å²) in [5, 5.41) is 12.5. The fourth-order valence-electron chi connectivity index (χ4n) is 2.24. The van der Waals surface area contributed by atoms with Gasteiger partial charge in [-0.1, -0.05) is 52.3 Å².